The lowest BCUT2D eigenvalue weighted by Gasteiger charge is -2.43. The second-order valence-corrected chi connectivity index (χ2v) is 8.31. The SMILES string of the molecule is C=C(c1c(CC(C)C)ccc(C)c1OC)N1CC(c2ncc(C)cc2C)C1. The van der Waals surface area contributed by atoms with Crippen LogP contribution < -0.4 is 4.74 Å². The molecular formula is C24H32N2O. The van der Waals surface area contributed by atoms with E-state index in [0.717, 1.165) is 36.5 Å². The van der Waals surface area contributed by atoms with E-state index in [0.29, 0.717) is 11.8 Å². The van der Waals surface area contributed by atoms with Crippen LogP contribution in [0.2, 0.25) is 0 Å². The van der Waals surface area contributed by atoms with Crippen LogP contribution in [0.3, 0.4) is 0 Å². The third-order valence-corrected chi connectivity index (χ3v) is 5.47. The molecule has 0 unspecified atom stereocenters. The largest absolute Gasteiger partial charge is 0.496 e. The second kappa shape index (κ2) is 7.75. The van der Waals surface area contributed by atoms with Crippen LogP contribution in [-0.4, -0.2) is 30.1 Å². The van der Waals surface area contributed by atoms with Gasteiger partial charge in [0.1, 0.15) is 5.75 Å². The number of pyridine rings is 1. The van der Waals surface area contributed by atoms with Crippen LogP contribution in [0, 0.1) is 26.7 Å². The van der Waals surface area contributed by atoms with Gasteiger partial charge in [-0.1, -0.05) is 38.6 Å². The minimum absolute atomic E-state index is 0.478. The molecule has 3 nitrogen and oxygen atoms in total. The average Bonchev–Trinajstić information content (AvgIpc) is 2.56. The molecule has 3 rings (SSSR count). The Labute approximate surface area is 164 Å². The molecular weight excluding hydrogens is 332 g/mol. The summed E-state index contributed by atoms with van der Waals surface area (Å²) >= 11 is 0. The van der Waals surface area contributed by atoms with Crippen molar-refractivity contribution in [2.24, 2.45) is 5.92 Å². The van der Waals surface area contributed by atoms with Crippen molar-refractivity contribution in [1.29, 1.82) is 0 Å². The van der Waals surface area contributed by atoms with Gasteiger partial charge in [0.15, 0.2) is 0 Å². The molecule has 0 N–H and O–H groups in total. The Morgan fingerprint density at radius 3 is 2.52 bits per heavy atom. The predicted molar refractivity (Wildman–Crippen MR) is 113 cm³/mol. The Morgan fingerprint density at radius 2 is 1.93 bits per heavy atom. The van der Waals surface area contributed by atoms with Crippen molar-refractivity contribution in [3.05, 3.63) is 64.5 Å². The maximum atomic E-state index is 5.78. The molecule has 3 heteroatoms. The second-order valence-electron chi connectivity index (χ2n) is 8.31. The van der Waals surface area contributed by atoms with E-state index < -0.39 is 0 Å². The lowest BCUT2D eigenvalue weighted by atomic mass is 9.88. The molecule has 0 amide bonds. The van der Waals surface area contributed by atoms with Gasteiger partial charge in [0.25, 0.3) is 0 Å². The first-order chi connectivity index (χ1) is 12.8. The number of nitrogens with zero attached hydrogens (tertiary/aromatic N) is 2. The average molecular weight is 365 g/mol. The molecule has 1 aliphatic heterocycles. The maximum Gasteiger partial charge on any atom is 0.131 e. The van der Waals surface area contributed by atoms with Crippen molar-refractivity contribution in [3.8, 4) is 5.75 Å². The zero-order chi connectivity index (χ0) is 19.7. The number of hydrogen-bond acceptors (Lipinski definition) is 3. The van der Waals surface area contributed by atoms with E-state index >= 15 is 0 Å². The van der Waals surface area contributed by atoms with Gasteiger partial charge in [0.05, 0.1) is 7.11 Å². The third kappa shape index (κ3) is 3.87. The van der Waals surface area contributed by atoms with Gasteiger partial charge in [-0.25, -0.2) is 0 Å². The maximum absolute atomic E-state index is 5.78. The molecule has 0 spiro atoms. The highest BCUT2D eigenvalue weighted by Crippen LogP contribution is 2.39. The summed E-state index contributed by atoms with van der Waals surface area (Å²) in [5.74, 6) is 2.03. The highest BCUT2D eigenvalue weighted by molar-refractivity contribution is 5.73. The van der Waals surface area contributed by atoms with Crippen LogP contribution in [0.4, 0.5) is 0 Å². The van der Waals surface area contributed by atoms with Gasteiger partial charge in [-0.15, -0.1) is 0 Å². The molecule has 0 aliphatic carbocycles. The topological polar surface area (TPSA) is 25.4 Å². The Kier molecular flexibility index (Phi) is 5.59. The molecule has 2 heterocycles. The fourth-order valence-corrected chi connectivity index (χ4v) is 4.10. The molecule has 27 heavy (non-hydrogen) atoms. The van der Waals surface area contributed by atoms with E-state index in [1.54, 1.807) is 7.11 Å². The molecule has 1 fully saturated rings. The minimum Gasteiger partial charge on any atom is -0.496 e. The van der Waals surface area contributed by atoms with Gasteiger partial charge >= 0.3 is 0 Å². The van der Waals surface area contributed by atoms with Crippen molar-refractivity contribution < 1.29 is 4.74 Å². The van der Waals surface area contributed by atoms with Gasteiger partial charge < -0.3 is 9.64 Å². The van der Waals surface area contributed by atoms with Crippen molar-refractivity contribution in [2.75, 3.05) is 20.2 Å². The summed E-state index contributed by atoms with van der Waals surface area (Å²) in [7, 11) is 1.76. The fourth-order valence-electron chi connectivity index (χ4n) is 4.10. The number of aryl methyl sites for hydroxylation is 3. The first kappa shape index (κ1) is 19.5. The normalized spacial score (nSPS) is 14.4. The summed E-state index contributed by atoms with van der Waals surface area (Å²) in [6.07, 6.45) is 3.00. The summed E-state index contributed by atoms with van der Waals surface area (Å²) < 4.78 is 5.78. The molecule has 2 aromatic rings. The van der Waals surface area contributed by atoms with Gasteiger partial charge in [-0.2, -0.15) is 0 Å². The van der Waals surface area contributed by atoms with Crippen LogP contribution in [0.5, 0.6) is 5.75 Å². The fraction of sp³-hybridized carbons (Fsp3) is 0.458. The van der Waals surface area contributed by atoms with E-state index in [9.17, 15) is 0 Å². The van der Waals surface area contributed by atoms with Crippen molar-refractivity contribution >= 4 is 5.70 Å². The van der Waals surface area contributed by atoms with Crippen LogP contribution in [-0.2, 0) is 6.42 Å². The van der Waals surface area contributed by atoms with Gasteiger partial charge in [0.2, 0.25) is 0 Å². The Morgan fingerprint density at radius 1 is 1.22 bits per heavy atom. The summed E-state index contributed by atoms with van der Waals surface area (Å²) in [6.45, 7) is 17.3. The molecule has 0 bridgehead atoms. The standard InChI is InChI=1S/C24H32N2O/c1-15(2)10-20-9-8-17(4)24(27-7)22(20)19(6)26-13-21(14-26)23-18(5)11-16(3)12-25-23/h8-9,11-12,15,21H,6,10,13-14H2,1-5,7H3. The summed E-state index contributed by atoms with van der Waals surface area (Å²) in [4.78, 5) is 7.06. The number of aromatic nitrogens is 1. The molecule has 1 saturated heterocycles. The van der Waals surface area contributed by atoms with E-state index in [1.807, 2.05) is 6.20 Å². The first-order valence-corrected chi connectivity index (χ1v) is 9.85. The van der Waals surface area contributed by atoms with Crippen molar-refractivity contribution in [1.82, 2.24) is 9.88 Å². The number of rotatable bonds is 6. The number of benzene rings is 1. The van der Waals surface area contributed by atoms with Crippen molar-refractivity contribution in [2.45, 2.75) is 47.0 Å². The summed E-state index contributed by atoms with van der Waals surface area (Å²) in [6, 6.07) is 6.62. The zero-order valence-corrected chi connectivity index (χ0v) is 17.6. The number of hydrogen-bond donors (Lipinski definition) is 0. The van der Waals surface area contributed by atoms with Gasteiger partial charge in [-0.3, -0.25) is 4.98 Å². The monoisotopic (exact) mass is 364 g/mol. The van der Waals surface area contributed by atoms with E-state index in [-0.39, 0.29) is 0 Å². The quantitative estimate of drug-likeness (QED) is 0.697. The van der Waals surface area contributed by atoms with Crippen LogP contribution in [0.15, 0.2) is 31.0 Å². The minimum atomic E-state index is 0.478. The summed E-state index contributed by atoms with van der Waals surface area (Å²) in [5, 5.41) is 0. The van der Waals surface area contributed by atoms with Gasteiger partial charge in [-0.05, 0) is 55.4 Å². The molecule has 0 saturated carbocycles. The van der Waals surface area contributed by atoms with E-state index in [4.69, 9.17) is 9.72 Å². The Balaban J connectivity index is 1.84. The zero-order valence-electron chi connectivity index (χ0n) is 17.6. The molecule has 1 aromatic carbocycles. The molecule has 144 valence electrons. The third-order valence-electron chi connectivity index (χ3n) is 5.47. The van der Waals surface area contributed by atoms with E-state index in [1.165, 1.54) is 27.9 Å². The van der Waals surface area contributed by atoms with E-state index in [2.05, 4.69) is 64.3 Å². The Bertz CT molecular complexity index is 848. The molecule has 0 radical (unpaired) electrons. The number of likely N-dealkylation sites (tertiary alicyclic amines) is 1. The van der Waals surface area contributed by atoms with Crippen molar-refractivity contribution in [3.63, 3.8) is 0 Å². The first-order valence-electron chi connectivity index (χ1n) is 9.85. The number of ether oxygens (including phenoxy) is 1. The lowest BCUT2D eigenvalue weighted by molar-refractivity contribution is 0.231. The highest BCUT2D eigenvalue weighted by Gasteiger charge is 2.33. The molecule has 0 atom stereocenters. The lowest BCUT2D eigenvalue weighted by Crippen LogP contribution is -2.44. The predicted octanol–water partition coefficient (Wildman–Crippen LogP) is 5.28. The van der Waals surface area contributed by atoms with Gasteiger partial charge in [0, 0.05) is 42.2 Å². The molecule has 1 aliphatic rings. The molecule has 1 aromatic heterocycles. The smallest absolute Gasteiger partial charge is 0.131 e. The number of methoxy groups -OCH3 is 1. The Hall–Kier alpha value is -2.29. The van der Waals surface area contributed by atoms with Crippen LogP contribution in [0.25, 0.3) is 5.70 Å². The summed E-state index contributed by atoms with van der Waals surface area (Å²) in [5.41, 5.74) is 8.48. The highest BCUT2D eigenvalue weighted by atomic mass is 16.5. The van der Waals surface area contributed by atoms with Crippen LogP contribution in [0.1, 0.15) is 53.3 Å². The van der Waals surface area contributed by atoms with Crippen LogP contribution >= 0.6 is 0 Å².